The van der Waals surface area contributed by atoms with Crippen LogP contribution in [-0.2, 0) is 4.79 Å². The molecule has 1 fully saturated rings. The van der Waals surface area contributed by atoms with Crippen LogP contribution in [0.1, 0.15) is 19.3 Å². The van der Waals surface area contributed by atoms with Crippen molar-refractivity contribution in [1.29, 1.82) is 5.26 Å². The molecule has 3 heterocycles. The first-order valence-electron chi connectivity index (χ1n) is 6.98. The van der Waals surface area contributed by atoms with E-state index in [1.807, 2.05) is 18.3 Å². The molecular weight excluding hydrogens is 268 g/mol. The number of nitriles is 1. The number of rotatable bonds is 4. The highest BCUT2D eigenvalue weighted by Gasteiger charge is 2.27. The smallest absolute Gasteiger partial charge is 0.234 e. The van der Waals surface area contributed by atoms with Crippen LogP contribution in [0.25, 0.3) is 11.0 Å². The van der Waals surface area contributed by atoms with Gasteiger partial charge in [0.1, 0.15) is 24.2 Å². The molecule has 0 spiro atoms. The normalized spacial score (nSPS) is 17.9. The van der Waals surface area contributed by atoms with Gasteiger partial charge in [-0.25, -0.2) is 9.97 Å². The molecule has 21 heavy (non-hydrogen) atoms. The van der Waals surface area contributed by atoms with Gasteiger partial charge in [0.2, 0.25) is 5.91 Å². The Labute approximate surface area is 122 Å². The summed E-state index contributed by atoms with van der Waals surface area (Å²) in [5.74, 6) is 0.678. The summed E-state index contributed by atoms with van der Waals surface area (Å²) in [6.45, 7) is 1.45. The van der Waals surface area contributed by atoms with Crippen LogP contribution < -0.4 is 10.2 Å². The van der Waals surface area contributed by atoms with Crippen LogP contribution in [0.5, 0.6) is 0 Å². The number of amides is 1. The second-order valence-electron chi connectivity index (χ2n) is 5.07. The Morgan fingerprint density at radius 2 is 2.48 bits per heavy atom. The lowest BCUT2D eigenvalue weighted by atomic mass is 10.2. The third-order valence-corrected chi connectivity index (χ3v) is 3.76. The molecule has 7 nitrogen and oxygen atoms in total. The van der Waals surface area contributed by atoms with Gasteiger partial charge in [0.25, 0.3) is 0 Å². The highest BCUT2D eigenvalue weighted by Crippen LogP contribution is 2.28. The number of carbonyl (C=O) groups excluding carboxylic acids is 1. The Morgan fingerprint density at radius 1 is 1.57 bits per heavy atom. The predicted molar refractivity (Wildman–Crippen MR) is 77.5 cm³/mol. The monoisotopic (exact) mass is 284 g/mol. The van der Waals surface area contributed by atoms with E-state index in [-0.39, 0.29) is 18.4 Å². The lowest BCUT2D eigenvalue weighted by molar-refractivity contribution is -0.120. The largest absolute Gasteiger partial charge is 0.353 e. The summed E-state index contributed by atoms with van der Waals surface area (Å²) in [6.07, 6.45) is 5.38. The fraction of sp³-hybridized carbons (Fsp3) is 0.429. The molecule has 2 aromatic heterocycles. The van der Waals surface area contributed by atoms with Gasteiger partial charge in [0.05, 0.1) is 11.5 Å². The Bertz CT molecular complexity index is 688. The van der Waals surface area contributed by atoms with Gasteiger partial charge in [-0.05, 0) is 18.9 Å². The van der Waals surface area contributed by atoms with Crippen molar-refractivity contribution in [2.45, 2.75) is 25.3 Å². The fourth-order valence-electron chi connectivity index (χ4n) is 2.78. The van der Waals surface area contributed by atoms with Crippen molar-refractivity contribution in [2.24, 2.45) is 0 Å². The molecule has 108 valence electrons. The number of nitrogens with one attached hydrogen (secondary N) is 2. The summed E-state index contributed by atoms with van der Waals surface area (Å²) in [4.78, 5) is 25.3. The van der Waals surface area contributed by atoms with Crippen molar-refractivity contribution in [3.8, 4) is 6.07 Å². The number of carbonyl (C=O) groups is 1. The average Bonchev–Trinajstić information content (AvgIpc) is 3.13. The van der Waals surface area contributed by atoms with E-state index < -0.39 is 0 Å². The molecule has 1 amide bonds. The van der Waals surface area contributed by atoms with Crippen molar-refractivity contribution in [2.75, 3.05) is 18.0 Å². The van der Waals surface area contributed by atoms with Crippen LogP contribution in [0.3, 0.4) is 0 Å². The Hall–Kier alpha value is -2.62. The third-order valence-electron chi connectivity index (χ3n) is 3.76. The summed E-state index contributed by atoms with van der Waals surface area (Å²) in [5.41, 5.74) is 0.819. The van der Waals surface area contributed by atoms with Crippen molar-refractivity contribution in [3.05, 3.63) is 18.6 Å². The zero-order valence-electron chi connectivity index (χ0n) is 11.5. The van der Waals surface area contributed by atoms with Gasteiger partial charge in [-0.15, -0.1) is 0 Å². The number of fused-ring (bicyclic) bond motifs is 1. The molecule has 1 atom stereocenters. The number of nitrogens with zero attached hydrogens (tertiary/aromatic N) is 4. The Balaban J connectivity index is 1.76. The molecule has 7 heteroatoms. The molecule has 0 radical (unpaired) electrons. The van der Waals surface area contributed by atoms with Gasteiger partial charge >= 0.3 is 0 Å². The SMILES string of the molecule is N#CCC(=O)NCC1CCCN1c1ncnc2[nH]ccc12. The van der Waals surface area contributed by atoms with E-state index in [1.54, 1.807) is 6.33 Å². The molecule has 1 saturated heterocycles. The Morgan fingerprint density at radius 3 is 3.33 bits per heavy atom. The van der Waals surface area contributed by atoms with Crippen LogP contribution in [0.15, 0.2) is 18.6 Å². The van der Waals surface area contributed by atoms with E-state index in [4.69, 9.17) is 5.26 Å². The van der Waals surface area contributed by atoms with Crippen LogP contribution in [0.2, 0.25) is 0 Å². The first kappa shape index (κ1) is 13.4. The van der Waals surface area contributed by atoms with E-state index >= 15 is 0 Å². The number of hydrogen-bond acceptors (Lipinski definition) is 5. The predicted octanol–water partition coefficient (Wildman–Crippen LogP) is 0.957. The molecule has 0 saturated carbocycles. The Kier molecular flexibility index (Phi) is 3.69. The number of anilines is 1. The molecule has 2 N–H and O–H groups in total. The quantitative estimate of drug-likeness (QED) is 0.871. The minimum absolute atomic E-state index is 0.0950. The topological polar surface area (TPSA) is 97.7 Å². The number of aromatic nitrogens is 3. The molecule has 3 rings (SSSR count). The molecule has 2 aromatic rings. The lowest BCUT2D eigenvalue weighted by Gasteiger charge is -2.26. The zero-order chi connectivity index (χ0) is 14.7. The second kappa shape index (κ2) is 5.79. The van der Waals surface area contributed by atoms with E-state index in [0.29, 0.717) is 6.54 Å². The maximum atomic E-state index is 11.4. The van der Waals surface area contributed by atoms with Crippen molar-refractivity contribution in [3.63, 3.8) is 0 Å². The second-order valence-corrected chi connectivity index (χ2v) is 5.07. The first-order chi connectivity index (χ1) is 10.3. The molecule has 1 aliphatic rings. The summed E-state index contributed by atoms with van der Waals surface area (Å²) in [5, 5.41) is 12.3. The van der Waals surface area contributed by atoms with Crippen LogP contribution in [0, 0.1) is 11.3 Å². The van der Waals surface area contributed by atoms with Crippen LogP contribution in [-0.4, -0.2) is 40.0 Å². The van der Waals surface area contributed by atoms with Gasteiger partial charge in [-0.3, -0.25) is 4.79 Å². The molecular formula is C14H16N6O. The summed E-state index contributed by atoms with van der Waals surface area (Å²) >= 11 is 0. The van der Waals surface area contributed by atoms with Crippen molar-refractivity contribution < 1.29 is 4.79 Å². The van der Waals surface area contributed by atoms with Crippen molar-refractivity contribution >= 4 is 22.8 Å². The minimum Gasteiger partial charge on any atom is -0.353 e. The number of H-pyrrole nitrogens is 1. The minimum atomic E-state index is -0.223. The van der Waals surface area contributed by atoms with E-state index in [2.05, 4.69) is 25.2 Å². The third kappa shape index (κ3) is 2.65. The molecule has 1 unspecified atom stereocenters. The fourth-order valence-corrected chi connectivity index (χ4v) is 2.78. The standard InChI is InChI=1S/C14H16N6O/c15-5-3-12(21)17-8-10-2-1-7-20(10)14-11-4-6-16-13(11)18-9-19-14/h4,6,9-10H,1-3,7-8H2,(H,17,21)(H,16,18,19). The lowest BCUT2D eigenvalue weighted by Crippen LogP contribution is -2.40. The number of hydrogen-bond donors (Lipinski definition) is 2. The summed E-state index contributed by atoms with van der Waals surface area (Å²) in [6, 6.07) is 4.03. The highest BCUT2D eigenvalue weighted by molar-refractivity contribution is 5.87. The summed E-state index contributed by atoms with van der Waals surface area (Å²) < 4.78 is 0. The molecule has 0 bridgehead atoms. The van der Waals surface area contributed by atoms with Gasteiger partial charge < -0.3 is 15.2 Å². The number of aromatic amines is 1. The van der Waals surface area contributed by atoms with E-state index in [9.17, 15) is 4.79 Å². The molecule has 0 aromatic carbocycles. The maximum Gasteiger partial charge on any atom is 0.234 e. The van der Waals surface area contributed by atoms with E-state index in [1.165, 1.54) is 0 Å². The van der Waals surface area contributed by atoms with Crippen LogP contribution >= 0.6 is 0 Å². The highest BCUT2D eigenvalue weighted by atomic mass is 16.1. The van der Waals surface area contributed by atoms with Gasteiger partial charge in [0, 0.05) is 25.3 Å². The van der Waals surface area contributed by atoms with Crippen molar-refractivity contribution in [1.82, 2.24) is 20.3 Å². The van der Waals surface area contributed by atoms with E-state index in [0.717, 1.165) is 36.2 Å². The first-order valence-corrected chi connectivity index (χ1v) is 6.98. The van der Waals surface area contributed by atoms with Gasteiger partial charge in [-0.1, -0.05) is 0 Å². The average molecular weight is 284 g/mol. The summed E-state index contributed by atoms with van der Waals surface area (Å²) in [7, 11) is 0. The molecule has 1 aliphatic heterocycles. The van der Waals surface area contributed by atoms with Gasteiger partial charge in [-0.2, -0.15) is 5.26 Å². The maximum absolute atomic E-state index is 11.4. The zero-order valence-corrected chi connectivity index (χ0v) is 11.5. The van der Waals surface area contributed by atoms with Crippen LogP contribution in [0.4, 0.5) is 5.82 Å². The van der Waals surface area contributed by atoms with Gasteiger partial charge in [0.15, 0.2) is 0 Å². The molecule has 0 aliphatic carbocycles.